The quantitative estimate of drug-likeness (QED) is 0.731. The fourth-order valence-electron chi connectivity index (χ4n) is 2.70. The molecule has 0 spiro atoms. The van der Waals surface area contributed by atoms with E-state index in [0.29, 0.717) is 0 Å². The lowest BCUT2D eigenvalue weighted by Gasteiger charge is -2.37. The van der Waals surface area contributed by atoms with E-state index in [9.17, 15) is 0 Å². The molecular formula is C16H30BrN3O. The summed E-state index contributed by atoms with van der Waals surface area (Å²) >= 11 is 3.67. The molecule has 1 aromatic rings. The zero-order valence-corrected chi connectivity index (χ0v) is 15.9. The molecule has 1 N–H and O–H groups in total. The van der Waals surface area contributed by atoms with Crippen molar-refractivity contribution in [2.45, 2.75) is 65.5 Å². The third-order valence-corrected chi connectivity index (χ3v) is 5.24. The molecule has 122 valence electrons. The number of hydrogen-bond donors (Lipinski definition) is 1. The van der Waals surface area contributed by atoms with Gasteiger partial charge in [-0.05, 0) is 56.1 Å². The van der Waals surface area contributed by atoms with Crippen molar-refractivity contribution in [2.75, 3.05) is 13.2 Å². The molecule has 2 unspecified atom stereocenters. The van der Waals surface area contributed by atoms with Crippen LogP contribution in [0.2, 0.25) is 0 Å². The first kappa shape index (κ1) is 18.7. The van der Waals surface area contributed by atoms with Crippen molar-refractivity contribution >= 4 is 15.9 Å². The number of rotatable bonds is 9. The Labute approximate surface area is 137 Å². The molecule has 0 radical (unpaired) electrons. The van der Waals surface area contributed by atoms with E-state index < -0.39 is 0 Å². The standard InChI is InChI=1S/C16H30BrN3O/c1-7-10-18-14(16(5,8-2)21-9-3)11-13-15(17)12(4)19-20(13)6/h14,18H,7-11H2,1-6H3. The van der Waals surface area contributed by atoms with Gasteiger partial charge in [-0.15, -0.1) is 0 Å². The molecular weight excluding hydrogens is 330 g/mol. The van der Waals surface area contributed by atoms with E-state index in [1.54, 1.807) is 0 Å². The third-order valence-electron chi connectivity index (χ3n) is 4.21. The molecule has 1 rings (SSSR count). The average molecular weight is 360 g/mol. The highest BCUT2D eigenvalue weighted by Crippen LogP contribution is 2.27. The molecule has 0 aliphatic carbocycles. The van der Waals surface area contributed by atoms with Crippen LogP contribution < -0.4 is 5.32 Å². The Morgan fingerprint density at radius 3 is 2.48 bits per heavy atom. The van der Waals surface area contributed by atoms with Gasteiger partial charge in [0.05, 0.1) is 21.5 Å². The monoisotopic (exact) mass is 359 g/mol. The lowest BCUT2D eigenvalue weighted by molar-refractivity contribution is -0.0553. The Bertz CT molecular complexity index is 447. The van der Waals surface area contributed by atoms with Gasteiger partial charge in [-0.25, -0.2) is 0 Å². The Balaban J connectivity index is 3.02. The summed E-state index contributed by atoms with van der Waals surface area (Å²) in [6.07, 6.45) is 3.01. The molecule has 0 aromatic carbocycles. The van der Waals surface area contributed by atoms with E-state index in [1.165, 1.54) is 5.69 Å². The van der Waals surface area contributed by atoms with Gasteiger partial charge in [0.25, 0.3) is 0 Å². The lowest BCUT2D eigenvalue weighted by atomic mass is 9.89. The average Bonchev–Trinajstić information content (AvgIpc) is 2.69. The molecule has 0 fully saturated rings. The van der Waals surface area contributed by atoms with Crippen molar-refractivity contribution in [3.63, 3.8) is 0 Å². The number of aryl methyl sites for hydroxylation is 2. The normalized spacial score (nSPS) is 16.0. The molecule has 1 aromatic heterocycles. The number of ether oxygens (including phenoxy) is 1. The van der Waals surface area contributed by atoms with Gasteiger partial charge in [-0.1, -0.05) is 13.8 Å². The van der Waals surface area contributed by atoms with Crippen LogP contribution in [0.25, 0.3) is 0 Å². The van der Waals surface area contributed by atoms with Gasteiger partial charge in [-0.2, -0.15) is 5.10 Å². The fraction of sp³-hybridized carbons (Fsp3) is 0.812. The van der Waals surface area contributed by atoms with Crippen LogP contribution in [0.5, 0.6) is 0 Å². The highest BCUT2D eigenvalue weighted by atomic mass is 79.9. The van der Waals surface area contributed by atoms with Gasteiger partial charge in [0.15, 0.2) is 0 Å². The zero-order chi connectivity index (χ0) is 16.0. The molecule has 0 saturated heterocycles. The number of halogens is 1. The largest absolute Gasteiger partial charge is 0.374 e. The molecule has 0 bridgehead atoms. The maximum absolute atomic E-state index is 6.09. The van der Waals surface area contributed by atoms with E-state index in [2.05, 4.69) is 54.0 Å². The SMILES string of the molecule is CCCNC(Cc1c(Br)c(C)nn1C)C(C)(CC)OCC. The zero-order valence-electron chi connectivity index (χ0n) is 14.3. The Morgan fingerprint density at radius 1 is 1.38 bits per heavy atom. The number of nitrogens with one attached hydrogen (secondary N) is 1. The van der Waals surface area contributed by atoms with E-state index in [4.69, 9.17) is 4.74 Å². The van der Waals surface area contributed by atoms with Gasteiger partial charge in [0, 0.05) is 26.1 Å². The summed E-state index contributed by atoms with van der Waals surface area (Å²) in [5, 5.41) is 8.17. The predicted octanol–water partition coefficient (Wildman–Crippen LogP) is 3.61. The summed E-state index contributed by atoms with van der Waals surface area (Å²) < 4.78 is 9.18. The van der Waals surface area contributed by atoms with Crippen molar-refractivity contribution in [3.05, 3.63) is 15.9 Å². The number of hydrogen-bond acceptors (Lipinski definition) is 3. The van der Waals surface area contributed by atoms with E-state index >= 15 is 0 Å². The topological polar surface area (TPSA) is 39.1 Å². The molecule has 5 heteroatoms. The summed E-state index contributed by atoms with van der Waals surface area (Å²) in [5.74, 6) is 0. The smallest absolute Gasteiger partial charge is 0.0807 e. The minimum absolute atomic E-state index is 0.165. The summed E-state index contributed by atoms with van der Waals surface area (Å²) in [5.41, 5.74) is 2.10. The minimum atomic E-state index is -0.165. The molecule has 0 aliphatic heterocycles. The first-order chi connectivity index (χ1) is 9.89. The summed E-state index contributed by atoms with van der Waals surface area (Å²) in [6.45, 7) is 12.4. The maximum atomic E-state index is 6.09. The van der Waals surface area contributed by atoms with Crippen LogP contribution in [0.15, 0.2) is 4.47 Å². The molecule has 2 atom stereocenters. The molecule has 1 heterocycles. The van der Waals surface area contributed by atoms with E-state index in [0.717, 1.165) is 42.6 Å². The van der Waals surface area contributed by atoms with Crippen LogP contribution in [0.1, 0.15) is 51.9 Å². The van der Waals surface area contributed by atoms with Crippen LogP contribution in [0.4, 0.5) is 0 Å². The first-order valence-corrected chi connectivity index (χ1v) is 8.74. The van der Waals surface area contributed by atoms with Gasteiger partial charge >= 0.3 is 0 Å². The maximum Gasteiger partial charge on any atom is 0.0807 e. The van der Waals surface area contributed by atoms with Gasteiger partial charge in [0.1, 0.15) is 0 Å². The van der Waals surface area contributed by atoms with Crippen LogP contribution in [-0.2, 0) is 18.2 Å². The van der Waals surface area contributed by atoms with Crippen molar-refractivity contribution in [1.29, 1.82) is 0 Å². The molecule has 0 saturated carbocycles. The fourth-order valence-corrected chi connectivity index (χ4v) is 3.19. The number of aromatic nitrogens is 2. The van der Waals surface area contributed by atoms with Crippen molar-refractivity contribution in [3.8, 4) is 0 Å². The highest BCUT2D eigenvalue weighted by Gasteiger charge is 2.34. The summed E-state index contributed by atoms with van der Waals surface area (Å²) in [4.78, 5) is 0. The second kappa shape index (κ2) is 8.30. The molecule has 0 amide bonds. The van der Waals surface area contributed by atoms with E-state index in [-0.39, 0.29) is 11.6 Å². The van der Waals surface area contributed by atoms with Crippen LogP contribution in [0.3, 0.4) is 0 Å². The summed E-state index contributed by atoms with van der Waals surface area (Å²) in [7, 11) is 2.01. The second-order valence-electron chi connectivity index (χ2n) is 5.78. The molecule has 4 nitrogen and oxygen atoms in total. The van der Waals surface area contributed by atoms with Crippen LogP contribution in [0, 0.1) is 6.92 Å². The first-order valence-electron chi connectivity index (χ1n) is 7.94. The summed E-state index contributed by atoms with van der Waals surface area (Å²) in [6, 6.07) is 0.272. The Hall–Kier alpha value is -0.390. The number of nitrogens with zero attached hydrogens (tertiary/aromatic N) is 2. The van der Waals surface area contributed by atoms with Crippen molar-refractivity contribution < 1.29 is 4.74 Å². The lowest BCUT2D eigenvalue weighted by Crippen LogP contribution is -2.52. The highest BCUT2D eigenvalue weighted by molar-refractivity contribution is 9.10. The Morgan fingerprint density at radius 2 is 2.05 bits per heavy atom. The van der Waals surface area contributed by atoms with Crippen molar-refractivity contribution in [1.82, 2.24) is 15.1 Å². The second-order valence-corrected chi connectivity index (χ2v) is 6.57. The van der Waals surface area contributed by atoms with E-state index in [1.807, 2.05) is 18.7 Å². The van der Waals surface area contributed by atoms with Gasteiger partial charge in [0.2, 0.25) is 0 Å². The van der Waals surface area contributed by atoms with Crippen LogP contribution in [-0.4, -0.2) is 34.6 Å². The Kier molecular flexibility index (Phi) is 7.37. The van der Waals surface area contributed by atoms with Crippen LogP contribution >= 0.6 is 15.9 Å². The van der Waals surface area contributed by atoms with Crippen molar-refractivity contribution in [2.24, 2.45) is 7.05 Å². The third kappa shape index (κ3) is 4.54. The van der Waals surface area contributed by atoms with Gasteiger partial charge < -0.3 is 10.1 Å². The predicted molar refractivity (Wildman–Crippen MR) is 91.8 cm³/mol. The molecule has 0 aliphatic rings. The minimum Gasteiger partial charge on any atom is -0.374 e. The molecule has 21 heavy (non-hydrogen) atoms. The van der Waals surface area contributed by atoms with Gasteiger partial charge in [-0.3, -0.25) is 4.68 Å².